The zero-order chi connectivity index (χ0) is 14.8. The summed E-state index contributed by atoms with van der Waals surface area (Å²) in [6.45, 7) is 0. The first-order valence-corrected chi connectivity index (χ1v) is 7.38. The van der Waals surface area contributed by atoms with Crippen LogP contribution in [-0.2, 0) is 13.6 Å². The first-order valence-electron chi connectivity index (χ1n) is 5.83. The van der Waals surface area contributed by atoms with Crippen molar-refractivity contribution in [3.63, 3.8) is 0 Å². The van der Waals surface area contributed by atoms with E-state index in [1.54, 1.807) is 18.2 Å². The van der Waals surface area contributed by atoms with E-state index < -0.39 is 7.60 Å². The monoisotopic (exact) mass is 293 g/mol. The molecule has 2 aromatic rings. The number of hydrogen-bond donors (Lipinski definition) is 2. The van der Waals surface area contributed by atoms with Gasteiger partial charge in [-0.2, -0.15) is 0 Å². The molecule has 0 saturated heterocycles. The van der Waals surface area contributed by atoms with Crippen molar-refractivity contribution in [2.45, 2.75) is 0 Å². The van der Waals surface area contributed by atoms with Gasteiger partial charge in [0, 0.05) is 31.7 Å². The Morgan fingerprint density at radius 3 is 2.25 bits per heavy atom. The Kier molecular flexibility index (Phi) is 4.09. The molecule has 0 bridgehead atoms. The van der Waals surface area contributed by atoms with Crippen molar-refractivity contribution in [1.29, 1.82) is 0 Å². The van der Waals surface area contributed by atoms with Crippen LogP contribution in [0.1, 0.15) is 0 Å². The smallest absolute Gasteiger partial charge is 0.362 e. The molecule has 0 fully saturated rings. The normalized spacial score (nSPS) is 11.5. The molecule has 0 aliphatic carbocycles. The molecule has 0 unspecified atom stereocenters. The molecule has 4 N–H and O–H groups in total. The molecule has 106 valence electrons. The van der Waals surface area contributed by atoms with Gasteiger partial charge in [-0.1, -0.05) is 12.1 Å². The van der Waals surface area contributed by atoms with Gasteiger partial charge >= 0.3 is 7.60 Å². The average molecular weight is 293 g/mol. The van der Waals surface area contributed by atoms with Gasteiger partial charge in [-0.25, -0.2) is 4.98 Å². The second-order valence-electron chi connectivity index (χ2n) is 4.11. The topological polar surface area (TPSA) is 100 Å². The predicted octanol–water partition coefficient (Wildman–Crippen LogP) is 2.02. The van der Waals surface area contributed by atoms with Crippen LogP contribution in [0.5, 0.6) is 0 Å². The summed E-state index contributed by atoms with van der Waals surface area (Å²) in [5.74, 6) is 0.331. The number of nitrogen functional groups attached to an aromatic ring is 2. The van der Waals surface area contributed by atoms with Gasteiger partial charge in [0.05, 0.1) is 5.30 Å². The van der Waals surface area contributed by atoms with Crippen LogP contribution < -0.4 is 16.8 Å². The number of pyridine rings is 1. The average Bonchev–Trinajstić information content (AvgIpc) is 2.48. The zero-order valence-corrected chi connectivity index (χ0v) is 12.1. The van der Waals surface area contributed by atoms with E-state index in [0.29, 0.717) is 22.4 Å². The van der Waals surface area contributed by atoms with Crippen LogP contribution >= 0.6 is 7.60 Å². The van der Waals surface area contributed by atoms with Crippen LogP contribution in [0.3, 0.4) is 0 Å². The second kappa shape index (κ2) is 5.63. The number of benzene rings is 1. The van der Waals surface area contributed by atoms with Gasteiger partial charge < -0.3 is 20.5 Å². The third-order valence-electron chi connectivity index (χ3n) is 2.92. The lowest BCUT2D eigenvalue weighted by molar-refractivity contribution is 0.287. The number of rotatable bonds is 4. The zero-order valence-electron chi connectivity index (χ0n) is 11.2. The van der Waals surface area contributed by atoms with Crippen LogP contribution in [0.2, 0.25) is 0 Å². The molecular formula is C13H16N3O3P. The Morgan fingerprint density at radius 1 is 1.10 bits per heavy atom. The molecule has 20 heavy (non-hydrogen) atoms. The van der Waals surface area contributed by atoms with Crippen LogP contribution in [0.25, 0.3) is 11.1 Å². The fraction of sp³-hybridized carbons (Fsp3) is 0.154. The highest BCUT2D eigenvalue weighted by Crippen LogP contribution is 2.45. The van der Waals surface area contributed by atoms with Crippen LogP contribution in [0.15, 0.2) is 36.5 Å². The maximum Gasteiger partial charge on any atom is 0.362 e. The number of anilines is 2. The first-order chi connectivity index (χ1) is 9.50. The maximum atomic E-state index is 12.4. The van der Waals surface area contributed by atoms with E-state index >= 15 is 0 Å². The lowest BCUT2D eigenvalue weighted by Gasteiger charge is -2.15. The molecule has 0 aliphatic rings. The lowest BCUT2D eigenvalue weighted by Crippen LogP contribution is -2.11. The minimum Gasteiger partial charge on any atom is -0.399 e. The van der Waals surface area contributed by atoms with Crippen molar-refractivity contribution in [2.24, 2.45) is 0 Å². The summed E-state index contributed by atoms with van der Waals surface area (Å²) in [5, 5.41) is 0.350. The van der Waals surface area contributed by atoms with Crippen molar-refractivity contribution in [3.05, 3.63) is 36.5 Å². The van der Waals surface area contributed by atoms with Crippen molar-refractivity contribution >= 4 is 24.4 Å². The number of hydrogen-bond acceptors (Lipinski definition) is 6. The van der Waals surface area contributed by atoms with Gasteiger partial charge in [0.15, 0.2) is 0 Å². The molecule has 1 heterocycles. The fourth-order valence-corrected chi connectivity index (χ4v) is 2.85. The highest BCUT2D eigenvalue weighted by atomic mass is 31.2. The maximum absolute atomic E-state index is 12.4. The molecule has 1 aromatic heterocycles. The van der Waals surface area contributed by atoms with E-state index in [9.17, 15) is 4.57 Å². The quantitative estimate of drug-likeness (QED) is 0.660. The summed E-state index contributed by atoms with van der Waals surface area (Å²) in [4.78, 5) is 4.05. The minimum atomic E-state index is -3.35. The Morgan fingerprint density at radius 2 is 1.70 bits per heavy atom. The summed E-state index contributed by atoms with van der Waals surface area (Å²) in [7, 11) is -0.707. The lowest BCUT2D eigenvalue weighted by atomic mass is 10.1. The third-order valence-corrected chi connectivity index (χ3v) is 4.76. The van der Waals surface area contributed by atoms with Gasteiger partial charge in [0.1, 0.15) is 5.82 Å². The number of nitrogens with zero attached hydrogens (tertiary/aromatic N) is 1. The Bertz CT molecular complexity index is 650. The molecule has 0 radical (unpaired) electrons. The Hall–Kier alpha value is -1.88. The van der Waals surface area contributed by atoms with Gasteiger partial charge in [0.2, 0.25) is 0 Å². The highest BCUT2D eigenvalue weighted by Gasteiger charge is 2.26. The summed E-state index contributed by atoms with van der Waals surface area (Å²) in [5.41, 5.74) is 13.6. The molecule has 0 saturated carbocycles. The van der Waals surface area contributed by atoms with Crippen molar-refractivity contribution in [1.82, 2.24) is 4.98 Å². The molecule has 0 aliphatic heterocycles. The van der Waals surface area contributed by atoms with Gasteiger partial charge in [-0.05, 0) is 23.8 Å². The molecule has 6 nitrogen and oxygen atoms in total. The number of nitrogens with two attached hydrogens (primary N) is 2. The predicted molar refractivity (Wildman–Crippen MR) is 79.8 cm³/mol. The molecule has 1 aromatic carbocycles. The molecule has 2 rings (SSSR count). The second-order valence-corrected chi connectivity index (χ2v) is 6.35. The highest BCUT2D eigenvalue weighted by molar-refractivity contribution is 7.62. The van der Waals surface area contributed by atoms with Crippen molar-refractivity contribution < 1.29 is 13.6 Å². The van der Waals surface area contributed by atoms with E-state index in [0.717, 1.165) is 5.56 Å². The van der Waals surface area contributed by atoms with E-state index in [4.69, 9.17) is 20.5 Å². The van der Waals surface area contributed by atoms with Crippen LogP contribution in [-0.4, -0.2) is 19.2 Å². The van der Waals surface area contributed by atoms with Crippen molar-refractivity contribution in [2.75, 3.05) is 25.7 Å². The minimum absolute atomic E-state index is 0.331. The number of aromatic nitrogens is 1. The Labute approximate surface area is 117 Å². The Balaban J connectivity index is 2.54. The fourth-order valence-electron chi connectivity index (χ4n) is 1.79. The first kappa shape index (κ1) is 14.5. The summed E-state index contributed by atoms with van der Waals surface area (Å²) >= 11 is 0. The van der Waals surface area contributed by atoms with E-state index in [1.807, 2.05) is 12.1 Å². The van der Waals surface area contributed by atoms with Crippen LogP contribution in [0, 0.1) is 0 Å². The molecular weight excluding hydrogens is 277 g/mol. The molecule has 7 heteroatoms. The molecule has 0 amide bonds. The van der Waals surface area contributed by atoms with Crippen LogP contribution in [0.4, 0.5) is 11.5 Å². The summed E-state index contributed by atoms with van der Waals surface area (Å²) < 4.78 is 22.3. The largest absolute Gasteiger partial charge is 0.399 e. The molecule has 0 spiro atoms. The SMILES string of the molecule is COP(=O)(OC)c1cnc(N)c(-c2ccc(N)cc2)c1. The van der Waals surface area contributed by atoms with E-state index in [2.05, 4.69) is 4.98 Å². The third kappa shape index (κ3) is 2.67. The standard InChI is InChI=1S/C13H16N3O3P/c1-18-20(17,19-2)11-7-12(13(15)16-8-11)9-3-5-10(14)6-4-9/h3-8H,14H2,1-2H3,(H2,15,16). The van der Waals surface area contributed by atoms with Gasteiger partial charge in [-0.3, -0.25) is 4.57 Å². The van der Waals surface area contributed by atoms with Gasteiger partial charge in [-0.15, -0.1) is 0 Å². The van der Waals surface area contributed by atoms with E-state index in [1.165, 1.54) is 20.4 Å². The summed E-state index contributed by atoms with van der Waals surface area (Å²) in [6.07, 6.45) is 1.39. The summed E-state index contributed by atoms with van der Waals surface area (Å²) in [6, 6.07) is 8.80. The van der Waals surface area contributed by atoms with Gasteiger partial charge in [0.25, 0.3) is 0 Å². The van der Waals surface area contributed by atoms with Crippen molar-refractivity contribution in [3.8, 4) is 11.1 Å². The molecule has 0 atom stereocenters. The van der Waals surface area contributed by atoms with E-state index in [-0.39, 0.29) is 0 Å².